The number of ether oxygens (including phenoxy) is 3. The Labute approximate surface area is 194 Å². The first kappa shape index (κ1) is 25.2. The minimum absolute atomic E-state index is 0.00438. The maximum Gasteiger partial charge on any atom is 0.406 e. The van der Waals surface area contributed by atoms with Gasteiger partial charge in [-0.05, 0) is 50.2 Å². The lowest BCUT2D eigenvalue weighted by atomic mass is 10.1. The highest BCUT2D eigenvalue weighted by Crippen LogP contribution is 2.29. The van der Waals surface area contributed by atoms with Crippen LogP contribution in [0.2, 0.25) is 0 Å². The van der Waals surface area contributed by atoms with Crippen molar-refractivity contribution in [1.82, 2.24) is 20.5 Å². The molecule has 0 bridgehead atoms. The predicted molar refractivity (Wildman–Crippen MR) is 122 cm³/mol. The third-order valence-electron chi connectivity index (χ3n) is 5.77. The number of carbonyl (C=O) groups excluding carboxylic acids is 2. The molecule has 2 saturated heterocycles. The number of methoxy groups -OCH3 is 1. The van der Waals surface area contributed by atoms with Crippen molar-refractivity contribution in [3.8, 4) is 0 Å². The van der Waals surface area contributed by atoms with Crippen molar-refractivity contribution in [3.05, 3.63) is 33.7 Å². The lowest BCUT2D eigenvalue weighted by Crippen LogP contribution is -2.49. The van der Waals surface area contributed by atoms with Crippen LogP contribution in [0.5, 0.6) is 0 Å². The van der Waals surface area contributed by atoms with Gasteiger partial charge in [0.05, 0.1) is 13.7 Å². The van der Waals surface area contributed by atoms with Gasteiger partial charge in [0.25, 0.3) is 11.5 Å². The molecule has 33 heavy (non-hydrogen) atoms. The monoisotopic (exact) mass is 464 g/mol. The van der Waals surface area contributed by atoms with Crippen LogP contribution in [0.25, 0.3) is 0 Å². The second-order valence-corrected chi connectivity index (χ2v) is 8.46. The highest BCUT2D eigenvalue weighted by atomic mass is 16.5. The number of amides is 2. The van der Waals surface area contributed by atoms with Gasteiger partial charge in [0.15, 0.2) is 0 Å². The fourth-order valence-electron chi connectivity index (χ4n) is 3.79. The van der Waals surface area contributed by atoms with E-state index in [1.165, 1.54) is 20.0 Å². The molecule has 3 N–H and O–H groups in total. The number of hydrogen-bond acceptors (Lipinski definition) is 7. The molecule has 0 aromatic carbocycles. The van der Waals surface area contributed by atoms with E-state index in [4.69, 9.17) is 9.47 Å². The molecule has 10 heteroatoms. The molecule has 1 aromatic heterocycles. The van der Waals surface area contributed by atoms with Gasteiger partial charge in [0, 0.05) is 57.2 Å². The molecule has 1 aromatic rings. The van der Waals surface area contributed by atoms with Gasteiger partial charge < -0.3 is 34.7 Å². The average Bonchev–Trinajstić information content (AvgIpc) is 3.50. The summed E-state index contributed by atoms with van der Waals surface area (Å²) in [6, 6.07) is 2.09. The summed E-state index contributed by atoms with van der Waals surface area (Å²) in [4.78, 5) is 40.7. The van der Waals surface area contributed by atoms with Gasteiger partial charge in [-0.25, -0.2) is 4.79 Å². The van der Waals surface area contributed by atoms with Gasteiger partial charge in [-0.3, -0.25) is 9.59 Å². The van der Waals surface area contributed by atoms with Crippen molar-refractivity contribution in [2.45, 2.75) is 57.2 Å². The Bertz CT molecular complexity index is 808. The first-order chi connectivity index (χ1) is 16.1. The molecule has 0 radical (unpaired) electrons. The van der Waals surface area contributed by atoms with Crippen LogP contribution in [-0.2, 0) is 32.0 Å². The number of carbonyl (C=O) groups is 2. The minimum atomic E-state index is -0.485. The molecule has 10 nitrogen and oxygen atoms in total. The number of hydrogen-bond donors (Lipinski definition) is 3. The zero-order chi connectivity index (χ0) is 23.5. The average molecular weight is 465 g/mol. The Hall–Kier alpha value is -2.43. The highest BCUT2D eigenvalue weighted by molar-refractivity contribution is 5.82. The van der Waals surface area contributed by atoms with E-state index in [0.29, 0.717) is 44.6 Å². The third kappa shape index (κ3) is 8.45. The summed E-state index contributed by atoms with van der Waals surface area (Å²) in [5.41, 5.74) is 1.38. The number of aryl methyl sites for hydroxylation is 1. The molecule has 1 saturated carbocycles. The normalized spacial score (nSPS) is 19.8. The summed E-state index contributed by atoms with van der Waals surface area (Å²) in [7, 11) is 1.31. The van der Waals surface area contributed by atoms with Crippen LogP contribution in [0.15, 0.2) is 17.1 Å². The molecule has 4 rings (SSSR count). The van der Waals surface area contributed by atoms with E-state index in [1.54, 1.807) is 6.20 Å². The third-order valence-corrected chi connectivity index (χ3v) is 5.77. The molecular formula is C23H36N4O6. The van der Waals surface area contributed by atoms with Crippen LogP contribution in [0.4, 0.5) is 4.79 Å². The summed E-state index contributed by atoms with van der Waals surface area (Å²) in [6.45, 7) is 4.72. The first-order valence-electron chi connectivity index (χ1n) is 11.8. The molecule has 3 fully saturated rings. The molecule has 1 atom stereocenters. The smallest absolute Gasteiger partial charge is 0.406 e. The Kier molecular flexibility index (Phi) is 10.2. The van der Waals surface area contributed by atoms with Crippen LogP contribution >= 0.6 is 0 Å². The van der Waals surface area contributed by atoms with Crippen LogP contribution < -0.4 is 16.2 Å². The van der Waals surface area contributed by atoms with Crippen molar-refractivity contribution in [2.75, 3.05) is 46.6 Å². The maximum absolute atomic E-state index is 12.9. The summed E-state index contributed by atoms with van der Waals surface area (Å²) < 4.78 is 15.1. The first-order valence-corrected chi connectivity index (χ1v) is 11.8. The zero-order valence-corrected chi connectivity index (χ0v) is 19.4. The molecule has 184 valence electrons. The van der Waals surface area contributed by atoms with Crippen LogP contribution in [0, 0.1) is 0 Å². The summed E-state index contributed by atoms with van der Waals surface area (Å²) in [6.07, 6.45) is 6.44. The topological polar surface area (TPSA) is 122 Å². The van der Waals surface area contributed by atoms with Gasteiger partial charge in [-0.15, -0.1) is 0 Å². The number of rotatable bonds is 8. The SMILES string of the molecule is C1CCOC1.COC(=O)NCCCc1cc(CN(C(=O)C2CNCCO2)C2CC2)c[nH]c1=O. The molecule has 2 amide bonds. The minimum Gasteiger partial charge on any atom is -0.453 e. The number of aromatic amines is 1. The molecular weight excluding hydrogens is 428 g/mol. The van der Waals surface area contributed by atoms with Crippen molar-refractivity contribution < 1.29 is 23.8 Å². The summed E-state index contributed by atoms with van der Waals surface area (Å²) in [5, 5.41) is 5.79. The zero-order valence-electron chi connectivity index (χ0n) is 19.4. The van der Waals surface area contributed by atoms with E-state index in [9.17, 15) is 14.4 Å². The fourth-order valence-corrected chi connectivity index (χ4v) is 3.79. The number of H-pyrrole nitrogens is 1. The number of pyridine rings is 1. The molecule has 1 aliphatic carbocycles. The predicted octanol–water partition coefficient (Wildman–Crippen LogP) is 0.940. The number of alkyl carbamates (subject to hydrolysis) is 1. The molecule has 1 unspecified atom stereocenters. The summed E-state index contributed by atoms with van der Waals surface area (Å²) in [5.74, 6) is 0.00438. The van der Waals surface area contributed by atoms with Gasteiger partial charge in [-0.1, -0.05) is 0 Å². The van der Waals surface area contributed by atoms with Gasteiger partial charge in [0.1, 0.15) is 6.10 Å². The van der Waals surface area contributed by atoms with Gasteiger partial charge in [0.2, 0.25) is 0 Å². The van der Waals surface area contributed by atoms with Crippen LogP contribution in [0.1, 0.15) is 43.2 Å². The van der Waals surface area contributed by atoms with E-state index in [2.05, 4.69) is 20.4 Å². The molecule has 3 aliphatic rings. The van der Waals surface area contributed by atoms with Crippen molar-refractivity contribution in [1.29, 1.82) is 0 Å². The molecule has 2 aliphatic heterocycles. The van der Waals surface area contributed by atoms with E-state index in [0.717, 1.165) is 38.2 Å². The van der Waals surface area contributed by atoms with E-state index >= 15 is 0 Å². The van der Waals surface area contributed by atoms with Gasteiger partial charge >= 0.3 is 6.09 Å². The number of nitrogens with one attached hydrogen (secondary N) is 3. The Morgan fingerprint density at radius 2 is 2.03 bits per heavy atom. The Balaban J connectivity index is 0.000000541. The largest absolute Gasteiger partial charge is 0.453 e. The van der Waals surface area contributed by atoms with Gasteiger partial charge in [-0.2, -0.15) is 0 Å². The second kappa shape index (κ2) is 13.3. The number of morpholine rings is 1. The van der Waals surface area contributed by atoms with E-state index in [-0.39, 0.29) is 17.5 Å². The Morgan fingerprint density at radius 3 is 2.64 bits per heavy atom. The van der Waals surface area contributed by atoms with Crippen molar-refractivity contribution >= 4 is 12.0 Å². The number of nitrogens with zero attached hydrogens (tertiary/aromatic N) is 1. The van der Waals surface area contributed by atoms with Crippen LogP contribution in [0.3, 0.4) is 0 Å². The molecule has 3 heterocycles. The number of aromatic nitrogens is 1. The second-order valence-electron chi connectivity index (χ2n) is 8.46. The standard InChI is InChI=1S/C19H28N4O5.C4H8O/c1-27-19(26)21-6-2-3-14-9-13(10-22-17(14)24)12-23(15-4-5-15)18(25)16-11-20-7-8-28-16;1-2-4-5-3-1/h9-10,15-16,20H,2-8,11-12H2,1H3,(H,21,26)(H,22,24);1-4H2. The highest BCUT2D eigenvalue weighted by Gasteiger charge is 2.36. The van der Waals surface area contributed by atoms with E-state index < -0.39 is 12.2 Å². The molecule has 0 spiro atoms. The lowest BCUT2D eigenvalue weighted by molar-refractivity contribution is -0.146. The summed E-state index contributed by atoms with van der Waals surface area (Å²) >= 11 is 0. The van der Waals surface area contributed by atoms with Crippen molar-refractivity contribution in [3.63, 3.8) is 0 Å². The lowest BCUT2D eigenvalue weighted by Gasteiger charge is -2.30. The van der Waals surface area contributed by atoms with E-state index in [1.807, 2.05) is 11.0 Å². The van der Waals surface area contributed by atoms with Crippen LogP contribution in [-0.4, -0.2) is 80.6 Å². The Morgan fingerprint density at radius 1 is 1.24 bits per heavy atom. The quantitative estimate of drug-likeness (QED) is 0.490. The fraction of sp³-hybridized carbons (Fsp3) is 0.696. The maximum atomic E-state index is 12.9. The van der Waals surface area contributed by atoms with Crippen molar-refractivity contribution in [2.24, 2.45) is 0 Å².